The molecule has 1 unspecified atom stereocenters. The third-order valence-corrected chi connectivity index (χ3v) is 8.60. The molecule has 0 bridgehead atoms. The standard InChI is InChI=1S/C30H26N2S/c1-2-7-26-25(6-1)27-15-13-23-16-22(19-8-10-21(11-9-19)30-18-33-32-31-30)12-14-24(23)29(27)17-28(26)20-4-3-5-20/h1,6,8-16,18,20,28H,2-5,7,17H2. The van der Waals surface area contributed by atoms with E-state index in [0.717, 1.165) is 23.1 Å². The predicted octanol–water partition coefficient (Wildman–Crippen LogP) is 8.10. The van der Waals surface area contributed by atoms with Crippen LogP contribution >= 0.6 is 11.5 Å². The molecule has 0 spiro atoms. The highest BCUT2D eigenvalue weighted by Gasteiger charge is 2.35. The molecule has 1 fully saturated rings. The first-order valence-corrected chi connectivity index (χ1v) is 13.0. The van der Waals surface area contributed by atoms with Crippen molar-refractivity contribution in [1.82, 2.24) is 9.59 Å². The first-order valence-electron chi connectivity index (χ1n) is 12.2. The van der Waals surface area contributed by atoms with Gasteiger partial charge >= 0.3 is 0 Å². The maximum absolute atomic E-state index is 4.19. The maximum Gasteiger partial charge on any atom is 0.105 e. The van der Waals surface area contributed by atoms with E-state index < -0.39 is 0 Å². The van der Waals surface area contributed by atoms with Gasteiger partial charge in [0.1, 0.15) is 5.69 Å². The van der Waals surface area contributed by atoms with Gasteiger partial charge in [-0.25, -0.2) is 0 Å². The quantitative estimate of drug-likeness (QED) is 0.318. The van der Waals surface area contributed by atoms with Gasteiger partial charge in [-0.3, -0.25) is 0 Å². The Kier molecular flexibility index (Phi) is 4.58. The van der Waals surface area contributed by atoms with Gasteiger partial charge in [-0.1, -0.05) is 77.2 Å². The van der Waals surface area contributed by atoms with E-state index in [0.29, 0.717) is 0 Å². The molecule has 162 valence electrons. The highest BCUT2D eigenvalue weighted by Crippen LogP contribution is 2.49. The Hall–Kier alpha value is -3.04. The zero-order chi connectivity index (χ0) is 21.8. The van der Waals surface area contributed by atoms with Gasteiger partial charge in [0.2, 0.25) is 0 Å². The molecule has 0 radical (unpaired) electrons. The molecule has 1 heterocycles. The largest absolute Gasteiger partial charge is 0.138 e. The molecule has 3 aliphatic carbocycles. The average Bonchev–Trinajstić information content (AvgIpc) is 3.38. The summed E-state index contributed by atoms with van der Waals surface area (Å²) < 4.78 is 3.98. The average molecular weight is 447 g/mol. The maximum atomic E-state index is 4.19. The Morgan fingerprint density at radius 1 is 0.879 bits per heavy atom. The van der Waals surface area contributed by atoms with Crippen molar-refractivity contribution in [2.45, 2.75) is 38.5 Å². The van der Waals surface area contributed by atoms with E-state index in [9.17, 15) is 0 Å². The number of benzene rings is 3. The summed E-state index contributed by atoms with van der Waals surface area (Å²) in [5.41, 5.74) is 10.9. The number of aromatic nitrogens is 2. The van der Waals surface area contributed by atoms with Gasteiger partial charge < -0.3 is 0 Å². The van der Waals surface area contributed by atoms with Crippen molar-refractivity contribution < 1.29 is 0 Å². The lowest BCUT2D eigenvalue weighted by molar-refractivity contribution is 0.227. The van der Waals surface area contributed by atoms with E-state index in [2.05, 4.69) is 76.3 Å². The Labute approximate surface area is 198 Å². The molecule has 0 saturated heterocycles. The molecule has 4 aromatic rings. The summed E-state index contributed by atoms with van der Waals surface area (Å²) in [5, 5.41) is 8.98. The van der Waals surface area contributed by atoms with Crippen molar-refractivity contribution in [3.63, 3.8) is 0 Å². The molecule has 1 atom stereocenters. The molecule has 3 heteroatoms. The fourth-order valence-electron chi connectivity index (χ4n) is 6.14. The van der Waals surface area contributed by atoms with Crippen LogP contribution in [0.15, 0.2) is 77.7 Å². The lowest BCUT2D eigenvalue weighted by Crippen LogP contribution is -2.29. The summed E-state index contributed by atoms with van der Waals surface area (Å²) in [5.74, 6) is 1.65. The van der Waals surface area contributed by atoms with Gasteiger partial charge in [0.05, 0.1) is 0 Å². The van der Waals surface area contributed by atoms with Crippen LogP contribution in [0, 0.1) is 11.8 Å². The normalized spacial score (nSPS) is 19.9. The zero-order valence-corrected chi connectivity index (χ0v) is 19.4. The molecule has 0 aliphatic heterocycles. The third kappa shape index (κ3) is 3.21. The SMILES string of the molecule is C1=CC2=C(CC1)C(C1CCC1)Cc1c2ccc2cc(-c3ccc(-c4csnn4)cc3)ccc12. The second-order valence-electron chi connectivity index (χ2n) is 9.78. The van der Waals surface area contributed by atoms with Crippen molar-refractivity contribution in [3.05, 3.63) is 88.8 Å². The fraction of sp³-hybridized carbons (Fsp3) is 0.267. The van der Waals surface area contributed by atoms with Crippen LogP contribution in [0.3, 0.4) is 0 Å². The van der Waals surface area contributed by atoms with Crippen LogP contribution in [-0.2, 0) is 6.42 Å². The van der Waals surface area contributed by atoms with Crippen LogP contribution in [0.1, 0.15) is 43.2 Å². The Bertz CT molecular complexity index is 1410. The van der Waals surface area contributed by atoms with Crippen LogP contribution in [0.5, 0.6) is 0 Å². The first-order chi connectivity index (χ1) is 16.3. The van der Waals surface area contributed by atoms with E-state index in [1.807, 2.05) is 5.38 Å². The summed E-state index contributed by atoms with van der Waals surface area (Å²) in [6.45, 7) is 0. The summed E-state index contributed by atoms with van der Waals surface area (Å²) in [6, 6.07) is 20.5. The molecule has 7 rings (SSSR count). The molecule has 1 saturated carbocycles. The summed E-state index contributed by atoms with van der Waals surface area (Å²) in [7, 11) is 0. The number of hydrogen-bond acceptors (Lipinski definition) is 3. The van der Waals surface area contributed by atoms with Crippen molar-refractivity contribution in [2.24, 2.45) is 11.8 Å². The molecule has 33 heavy (non-hydrogen) atoms. The topological polar surface area (TPSA) is 25.8 Å². The van der Waals surface area contributed by atoms with E-state index in [-0.39, 0.29) is 0 Å². The summed E-state index contributed by atoms with van der Waals surface area (Å²) in [4.78, 5) is 0. The van der Waals surface area contributed by atoms with Crippen molar-refractivity contribution in [1.29, 1.82) is 0 Å². The Morgan fingerprint density at radius 3 is 2.52 bits per heavy atom. The zero-order valence-electron chi connectivity index (χ0n) is 18.6. The monoisotopic (exact) mass is 446 g/mol. The number of rotatable bonds is 3. The predicted molar refractivity (Wildman–Crippen MR) is 138 cm³/mol. The summed E-state index contributed by atoms with van der Waals surface area (Å²) in [6.07, 6.45) is 12.8. The van der Waals surface area contributed by atoms with Crippen LogP contribution in [0.2, 0.25) is 0 Å². The summed E-state index contributed by atoms with van der Waals surface area (Å²) >= 11 is 1.39. The number of fused-ring (bicyclic) bond motifs is 4. The minimum absolute atomic E-state index is 0.754. The number of nitrogens with zero attached hydrogens (tertiary/aromatic N) is 2. The molecule has 2 nitrogen and oxygen atoms in total. The molecule has 0 amide bonds. The minimum Gasteiger partial charge on any atom is -0.138 e. The Balaban J connectivity index is 1.29. The minimum atomic E-state index is 0.754. The highest BCUT2D eigenvalue weighted by molar-refractivity contribution is 7.03. The van der Waals surface area contributed by atoms with E-state index >= 15 is 0 Å². The smallest absolute Gasteiger partial charge is 0.105 e. The second kappa shape index (κ2) is 7.78. The van der Waals surface area contributed by atoms with Crippen molar-refractivity contribution in [2.75, 3.05) is 0 Å². The molecular weight excluding hydrogens is 420 g/mol. The third-order valence-electron chi connectivity index (χ3n) is 8.10. The lowest BCUT2D eigenvalue weighted by Gasteiger charge is -2.40. The Morgan fingerprint density at radius 2 is 1.73 bits per heavy atom. The molecular formula is C30H26N2S. The molecule has 1 aromatic heterocycles. The van der Waals surface area contributed by atoms with Crippen molar-refractivity contribution in [3.8, 4) is 22.4 Å². The highest BCUT2D eigenvalue weighted by atomic mass is 32.1. The number of allylic oxidation sites excluding steroid dienone is 4. The van der Waals surface area contributed by atoms with E-state index in [1.165, 1.54) is 83.1 Å². The van der Waals surface area contributed by atoms with Crippen LogP contribution < -0.4 is 0 Å². The van der Waals surface area contributed by atoms with Gasteiger partial charge in [-0.2, -0.15) is 0 Å². The van der Waals surface area contributed by atoms with Crippen LogP contribution in [-0.4, -0.2) is 9.59 Å². The van der Waals surface area contributed by atoms with E-state index in [4.69, 9.17) is 0 Å². The lowest BCUT2D eigenvalue weighted by atomic mass is 9.64. The van der Waals surface area contributed by atoms with Gasteiger partial charge in [0.25, 0.3) is 0 Å². The molecule has 3 aliphatic rings. The first kappa shape index (κ1) is 19.4. The van der Waals surface area contributed by atoms with Gasteiger partial charge in [-0.05, 0) is 100 Å². The van der Waals surface area contributed by atoms with Gasteiger partial charge in [-0.15, -0.1) is 5.10 Å². The molecule has 3 aromatic carbocycles. The second-order valence-corrected chi connectivity index (χ2v) is 10.4. The number of hydrogen-bond donors (Lipinski definition) is 0. The van der Waals surface area contributed by atoms with Crippen LogP contribution in [0.25, 0.3) is 38.7 Å². The fourth-order valence-corrected chi connectivity index (χ4v) is 6.60. The van der Waals surface area contributed by atoms with Gasteiger partial charge in [0, 0.05) is 10.9 Å². The van der Waals surface area contributed by atoms with Crippen LogP contribution in [0.4, 0.5) is 0 Å². The molecule has 0 N–H and O–H groups in total. The van der Waals surface area contributed by atoms with E-state index in [1.54, 1.807) is 11.1 Å². The van der Waals surface area contributed by atoms with Crippen molar-refractivity contribution >= 4 is 27.9 Å². The van der Waals surface area contributed by atoms with Gasteiger partial charge in [0.15, 0.2) is 0 Å².